The van der Waals surface area contributed by atoms with Gasteiger partial charge in [0.25, 0.3) is 0 Å². The molecule has 0 aromatic heterocycles. The smallest absolute Gasteiger partial charge is 0.138 e. The van der Waals surface area contributed by atoms with Crippen molar-refractivity contribution in [3.8, 4) is 5.75 Å². The fourth-order valence-electron chi connectivity index (χ4n) is 3.41. The first-order chi connectivity index (χ1) is 10.3. The summed E-state index contributed by atoms with van der Waals surface area (Å²) in [4.78, 5) is 7.47. The SMILES string of the molecule is Oc1ccccc1N1CCN(CCN2CCCCC2)CC1. The molecule has 1 aromatic rings. The highest BCUT2D eigenvalue weighted by Gasteiger charge is 2.19. The van der Waals surface area contributed by atoms with Crippen molar-refractivity contribution in [3.05, 3.63) is 24.3 Å². The minimum absolute atomic E-state index is 0.402. The molecule has 2 fully saturated rings. The highest BCUT2D eigenvalue weighted by atomic mass is 16.3. The van der Waals surface area contributed by atoms with Crippen molar-refractivity contribution in [1.29, 1.82) is 0 Å². The van der Waals surface area contributed by atoms with Crippen molar-refractivity contribution in [2.75, 3.05) is 57.3 Å². The number of phenolic OH excluding ortho intramolecular Hbond substituents is 1. The predicted octanol–water partition coefficient (Wildman–Crippen LogP) is 2.00. The Kier molecular flexibility index (Phi) is 4.99. The van der Waals surface area contributed by atoms with Crippen molar-refractivity contribution in [3.63, 3.8) is 0 Å². The standard InChI is InChI=1S/C17H27N3O/c21-17-7-3-2-6-16(17)20-14-12-19(13-15-20)11-10-18-8-4-1-5-9-18/h2-3,6-7,21H,1,4-5,8-15H2. The molecule has 0 unspecified atom stereocenters. The number of piperidine rings is 1. The van der Waals surface area contributed by atoms with E-state index in [2.05, 4.69) is 14.7 Å². The zero-order valence-corrected chi connectivity index (χ0v) is 12.9. The van der Waals surface area contributed by atoms with Gasteiger partial charge in [0, 0.05) is 39.3 Å². The Morgan fingerprint density at radius 2 is 1.38 bits per heavy atom. The van der Waals surface area contributed by atoms with E-state index in [0.717, 1.165) is 31.9 Å². The van der Waals surface area contributed by atoms with Crippen LogP contribution in [0.25, 0.3) is 0 Å². The Morgan fingerprint density at radius 1 is 0.762 bits per heavy atom. The molecule has 4 nitrogen and oxygen atoms in total. The lowest BCUT2D eigenvalue weighted by atomic mass is 10.1. The molecule has 0 atom stereocenters. The molecule has 1 N–H and O–H groups in total. The third-order valence-corrected chi connectivity index (χ3v) is 4.78. The van der Waals surface area contributed by atoms with Crippen LogP contribution in [0.4, 0.5) is 5.69 Å². The zero-order valence-electron chi connectivity index (χ0n) is 12.9. The van der Waals surface area contributed by atoms with E-state index < -0.39 is 0 Å². The lowest BCUT2D eigenvalue weighted by molar-refractivity contribution is 0.176. The Morgan fingerprint density at radius 3 is 2.05 bits per heavy atom. The minimum Gasteiger partial charge on any atom is -0.506 e. The fraction of sp³-hybridized carbons (Fsp3) is 0.647. The Balaban J connectivity index is 1.43. The topological polar surface area (TPSA) is 30.0 Å². The van der Waals surface area contributed by atoms with Gasteiger partial charge in [-0.1, -0.05) is 18.6 Å². The van der Waals surface area contributed by atoms with E-state index in [1.807, 2.05) is 18.2 Å². The molecule has 2 aliphatic heterocycles. The minimum atomic E-state index is 0.402. The van der Waals surface area contributed by atoms with Crippen molar-refractivity contribution < 1.29 is 5.11 Å². The van der Waals surface area contributed by atoms with Gasteiger partial charge in [-0.05, 0) is 38.1 Å². The van der Waals surface area contributed by atoms with Crippen molar-refractivity contribution in [2.24, 2.45) is 0 Å². The van der Waals surface area contributed by atoms with E-state index in [1.165, 1.54) is 45.4 Å². The molecule has 0 amide bonds. The molecule has 0 aliphatic carbocycles. The molecule has 0 radical (unpaired) electrons. The number of hydrogen-bond donors (Lipinski definition) is 1. The molecule has 1 aromatic carbocycles. The molecule has 3 rings (SSSR count). The van der Waals surface area contributed by atoms with Crippen molar-refractivity contribution in [1.82, 2.24) is 9.80 Å². The second kappa shape index (κ2) is 7.14. The molecule has 2 saturated heterocycles. The second-order valence-electron chi connectivity index (χ2n) is 6.22. The summed E-state index contributed by atoms with van der Waals surface area (Å²) in [7, 11) is 0. The number of phenols is 1. The molecule has 21 heavy (non-hydrogen) atoms. The van der Waals surface area contributed by atoms with Gasteiger partial charge in [-0.15, -0.1) is 0 Å². The van der Waals surface area contributed by atoms with Crippen LogP contribution in [-0.4, -0.2) is 67.3 Å². The lowest BCUT2D eigenvalue weighted by Gasteiger charge is -2.37. The maximum atomic E-state index is 9.94. The summed E-state index contributed by atoms with van der Waals surface area (Å²) in [6.07, 6.45) is 4.16. The summed E-state index contributed by atoms with van der Waals surface area (Å²) in [5.41, 5.74) is 0.980. The van der Waals surface area contributed by atoms with E-state index >= 15 is 0 Å². The van der Waals surface area contributed by atoms with Crippen LogP contribution in [0.2, 0.25) is 0 Å². The number of rotatable bonds is 4. The predicted molar refractivity (Wildman–Crippen MR) is 87.1 cm³/mol. The van der Waals surface area contributed by atoms with E-state index in [9.17, 15) is 5.11 Å². The summed E-state index contributed by atoms with van der Waals surface area (Å²) in [5.74, 6) is 0.402. The van der Waals surface area contributed by atoms with Crippen molar-refractivity contribution in [2.45, 2.75) is 19.3 Å². The van der Waals surface area contributed by atoms with E-state index in [4.69, 9.17) is 0 Å². The number of piperazine rings is 1. The van der Waals surface area contributed by atoms with Crippen LogP contribution in [0.1, 0.15) is 19.3 Å². The van der Waals surface area contributed by atoms with Gasteiger partial charge in [0.1, 0.15) is 5.75 Å². The largest absolute Gasteiger partial charge is 0.506 e. The van der Waals surface area contributed by atoms with Crippen LogP contribution in [0.3, 0.4) is 0 Å². The zero-order chi connectivity index (χ0) is 14.5. The van der Waals surface area contributed by atoms with Gasteiger partial charge in [-0.2, -0.15) is 0 Å². The maximum absolute atomic E-state index is 9.94. The molecule has 2 aliphatic rings. The molecular formula is C17H27N3O. The lowest BCUT2D eigenvalue weighted by Crippen LogP contribution is -2.48. The third-order valence-electron chi connectivity index (χ3n) is 4.78. The molecule has 4 heteroatoms. The number of benzene rings is 1. The molecule has 0 spiro atoms. The fourth-order valence-corrected chi connectivity index (χ4v) is 3.41. The first-order valence-electron chi connectivity index (χ1n) is 8.30. The van der Waals surface area contributed by atoms with Gasteiger partial charge in [-0.3, -0.25) is 4.90 Å². The first kappa shape index (κ1) is 14.7. The molecule has 2 heterocycles. The quantitative estimate of drug-likeness (QED) is 0.918. The van der Waals surface area contributed by atoms with Crippen molar-refractivity contribution >= 4 is 5.69 Å². The van der Waals surface area contributed by atoms with Gasteiger partial charge < -0.3 is 14.9 Å². The summed E-state index contributed by atoms with van der Waals surface area (Å²) >= 11 is 0. The summed E-state index contributed by atoms with van der Waals surface area (Å²) in [6.45, 7) is 9.21. The van der Waals surface area contributed by atoms with Gasteiger partial charge in [0.05, 0.1) is 5.69 Å². The Labute approximate surface area is 128 Å². The average Bonchev–Trinajstić information content (AvgIpc) is 2.55. The summed E-state index contributed by atoms with van der Waals surface area (Å²) in [6, 6.07) is 7.67. The van der Waals surface area contributed by atoms with Crippen LogP contribution >= 0.6 is 0 Å². The highest BCUT2D eigenvalue weighted by molar-refractivity contribution is 5.57. The van der Waals surface area contributed by atoms with Crippen LogP contribution < -0.4 is 4.90 Å². The summed E-state index contributed by atoms with van der Waals surface area (Å²) in [5, 5.41) is 9.94. The number of anilines is 1. The number of nitrogens with zero attached hydrogens (tertiary/aromatic N) is 3. The molecule has 116 valence electrons. The van der Waals surface area contributed by atoms with Gasteiger partial charge in [0.2, 0.25) is 0 Å². The van der Waals surface area contributed by atoms with Crippen LogP contribution in [0, 0.1) is 0 Å². The normalized spacial score (nSPS) is 21.6. The number of likely N-dealkylation sites (tertiary alicyclic amines) is 1. The Hall–Kier alpha value is -1.26. The summed E-state index contributed by atoms with van der Waals surface area (Å²) < 4.78 is 0. The van der Waals surface area contributed by atoms with Crippen LogP contribution in [-0.2, 0) is 0 Å². The number of para-hydroxylation sites is 2. The van der Waals surface area contributed by atoms with Gasteiger partial charge >= 0.3 is 0 Å². The molecule has 0 saturated carbocycles. The van der Waals surface area contributed by atoms with Gasteiger partial charge in [-0.25, -0.2) is 0 Å². The highest BCUT2D eigenvalue weighted by Crippen LogP contribution is 2.27. The average molecular weight is 289 g/mol. The van der Waals surface area contributed by atoms with Crippen LogP contribution in [0.5, 0.6) is 5.75 Å². The monoisotopic (exact) mass is 289 g/mol. The van der Waals surface area contributed by atoms with Gasteiger partial charge in [0.15, 0.2) is 0 Å². The first-order valence-corrected chi connectivity index (χ1v) is 8.30. The Bertz CT molecular complexity index is 437. The number of hydrogen-bond acceptors (Lipinski definition) is 4. The van der Waals surface area contributed by atoms with E-state index in [1.54, 1.807) is 6.07 Å². The number of aromatic hydroxyl groups is 1. The molecular weight excluding hydrogens is 262 g/mol. The third kappa shape index (κ3) is 3.89. The van der Waals surface area contributed by atoms with Crippen LogP contribution in [0.15, 0.2) is 24.3 Å². The maximum Gasteiger partial charge on any atom is 0.138 e. The second-order valence-corrected chi connectivity index (χ2v) is 6.22. The van der Waals surface area contributed by atoms with E-state index in [-0.39, 0.29) is 0 Å². The van der Waals surface area contributed by atoms with E-state index in [0.29, 0.717) is 5.75 Å². The molecule has 0 bridgehead atoms.